The molecule has 2 aromatic carbocycles. The SMILES string of the molecule is COc1ccc(C)cc1S(=O)(=O)N(CC(=O)N1CCC(Cc2ccccc2)CC1)C1CCCCC1. The van der Waals surface area contributed by atoms with Crippen molar-refractivity contribution in [1.29, 1.82) is 0 Å². The maximum absolute atomic E-state index is 13.9. The summed E-state index contributed by atoms with van der Waals surface area (Å²) in [4.78, 5) is 15.4. The molecular weight excluding hydrogens is 460 g/mol. The van der Waals surface area contributed by atoms with E-state index in [1.54, 1.807) is 12.1 Å². The number of carbonyl (C=O) groups excluding carboxylic acids is 1. The van der Waals surface area contributed by atoms with E-state index in [9.17, 15) is 13.2 Å². The first-order valence-electron chi connectivity index (χ1n) is 12.9. The van der Waals surface area contributed by atoms with Gasteiger partial charge in [-0.25, -0.2) is 8.42 Å². The molecule has 1 saturated heterocycles. The van der Waals surface area contributed by atoms with E-state index < -0.39 is 10.0 Å². The first-order chi connectivity index (χ1) is 16.9. The zero-order valence-electron chi connectivity index (χ0n) is 21.0. The van der Waals surface area contributed by atoms with Gasteiger partial charge in [0.25, 0.3) is 0 Å². The predicted molar refractivity (Wildman–Crippen MR) is 138 cm³/mol. The lowest BCUT2D eigenvalue weighted by Crippen LogP contribution is -2.49. The minimum absolute atomic E-state index is 0.0936. The molecular formula is C28H38N2O4S. The lowest BCUT2D eigenvalue weighted by Gasteiger charge is -2.37. The molecule has 0 aromatic heterocycles. The van der Waals surface area contributed by atoms with Crippen molar-refractivity contribution < 1.29 is 17.9 Å². The fraction of sp³-hybridized carbons (Fsp3) is 0.536. The topological polar surface area (TPSA) is 66.9 Å². The number of ether oxygens (including phenoxy) is 1. The Hall–Kier alpha value is -2.38. The Kier molecular flexibility index (Phi) is 8.50. The van der Waals surface area contributed by atoms with Crippen LogP contribution >= 0.6 is 0 Å². The molecule has 7 heteroatoms. The summed E-state index contributed by atoms with van der Waals surface area (Å²) < 4.78 is 34.7. The van der Waals surface area contributed by atoms with E-state index >= 15 is 0 Å². The highest BCUT2D eigenvalue weighted by Crippen LogP contribution is 2.33. The summed E-state index contributed by atoms with van der Waals surface area (Å²) in [5, 5.41) is 0. The summed E-state index contributed by atoms with van der Waals surface area (Å²) in [5.74, 6) is 0.783. The van der Waals surface area contributed by atoms with Crippen molar-refractivity contribution in [1.82, 2.24) is 9.21 Å². The summed E-state index contributed by atoms with van der Waals surface area (Å²) in [6, 6.07) is 15.5. The predicted octanol–water partition coefficient (Wildman–Crippen LogP) is 4.81. The largest absolute Gasteiger partial charge is 0.495 e. The number of methoxy groups -OCH3 is 1. The molecule has 1 saturated carbocycles. The number of rotatable bonds is 8. The van der Waals surface area contributed by atoms with Crippen molar-refractivity contribution in [3.63, 3.8) is 0 Å². The normalized spacial score (nSPS) is 18.1. The summed E-state index contributed by atoms with van der Waals surface area (Å²) >= 11 is 0. The van der Waals surface area contributed by atoms with Crippen LogP contribution in [-0.2, 0) is 21.2 Å². The zero-order chi connectivity index (χ0) is 24.8. The Balaban J connectivity index is 1.48. The molecule has 0 bridgehead atoms. The molecule has 35 heavy (non-hydrogen) atoms. The van der Waals surface area contributed by atoms with Crippen LogP contribution in [0.1, 0.15) is 56.1 Å². The summed E-state index contributed by atoms with van der Waals surface area (Å²) in [5.41, 5.74) is 2.18. The van der Waals surface area contributed by atoms with Crippen LogP contribution in [0.5, 0.6) is 5.75 Å². The van der Waals surface area contributed by atoms with Gasteiger partial charge in [0.05, 0.1) is 13.7 Å². The smallest absolute Gasteiger partial charge is 0.247 e. The molecule has 1 aliphatic carbocycles. The van der Waals surface area contributed by atoms with Gasteiger partial charge in [-0.15, -0.1) is 0 Å². The van der Waals surface area contributed by atoms with Gasteiger partial charge >= 0.3 is 0 Å². The molecule has 1 aliphatic heterocycles. The molecule has 0 unspecified atom stereocenters. The van der Waals surface area contributed by atoms with Crippen molar-refractivity contribution >= 4 is 15.9 Å². The Bertz CT molecular complexity index is 1090. The summed E-state index contributed by atoms with van der Waals surface area (Å²) in [6.07, 6.45) is 7.59. The fourth-order valence-electron chi connectivity index (χ4n) is 5.46. The minimum atomic E-state index is -3.89. The van der Waals surface area contributed by atoms with Crippen molar-refractivity contribution in [2.75, 3.05) is 26.7 Å². The molecule has 2 fully saturated rings. The first-order valence-corrected chi connectivity index (χ1v) is 14.3. The molecule has 2 aliphatic rings. The number of hydrogen-bond donors (Lipinski definition) is 0. The monoisotopic (exact) mass is 498 g/mol. The van der Waals surface area contributed by atoms with E-state index in [-0.39, 0.29) is 23.4 Å². The van der Waals surface area contributed by atoms with Crippen LogP contribution < -0.4 is 4.74 Å². The molecule has 1 amide bonds. The van der Waals surface area contributed by atoms with E-state index in [2.05, 4.69) is 24.3 Å². The molecule has 6 nitrogen and oxygen atoms in total. The van der Waals surface area contributed by atoms with Gasteiger partial charge in [-0.05, 0) is 68.2 Å². The highest BCUT2D eigenvalue weighted by atomic mass is 32.2. The quantitative estimate of drug-likeness (QED) is 0.524. The molecule has 4 rings (SSSR count). The molecule has 0 spiro atoms. The minimum Gasteiger partial charge on any atom is -0.495 e. The van der Waals surface area contributed by atoms with E-state index in [0.717, 1.165) is 56.9 Å². The highest BCUT2D eigenvalue weighted by molar-refractivity contribution is 7.89. The molecule has 190 valence electrons. The van der Waals surface area contributed by atoms with Gasteiger partial charge in [0.15, 0.2) is 0 Å². The number of hydrogen-bond acceptors (Lipinski definition) is 4. The number of piperidine rings is 1. The second-order valence-corrected chi connectivity index (χ2v) is 11.9. The van der Waals surface area contributed by atoms with Gasteiger partial charge in [-0.1, -0.05) is 55.7 Å². The first kappa shape index (κ1) is 25.7. The van der Waals surface area contributed by atoms with Gasteiger partial charge in [-0.3, -0.25) is 4.79 Å². The highest BCUT2D eigenvalue weighted by Gasteiger charge is 2.37. The molecule has 0 atom stereocenters. The Labute approximate surface area is 210 Å². The maximum atomic E-state index is 13.9. The number of amides is 1. The fourth-order valence-corrected chi connectivity index (χ4v) is 7.34. The number of nitrogens with zero attached hydrogens (tertiary/aromatic N) is 2. The number of aryl methyl sites for hydroxylation is 1. The van der Waals surface area contributed by atoms with Crippen molar-refractivity contribution in [2.24, 2.45) is 5.92 Å². The zero-order valence-corrected chi connectivity index (χ0v) is 21.8. The van der Waals surface area contributed by atoms with Crippen LogP contribution in [0.4, 0.5) is 0 Å². The number of benzene rings is 2. The van der Waals surface area contributed by atoms with Crippen LogP contribution in [0, 0.1) is 12.8 Å². The number of carbonyl (C=O) groups is 1. The summed E-state index contributed by atoms with van der Waals surface area (Å²) in [7, 11) is -2.40. The third kappa shape index (κ3) is 6.25. The second-order valence-electron chi connectivity index (χ2n) is 10.0. The van der Waals surface area contributed by atoms with Crippen LogP contribution in [0.15, 0.2) is 53.4 Å². The average molecular weight is 499 g/mol. The third-order valence-corrected chi connectivity index (χ3v) is 9.43. The van der Waals surface area contributed by atoms with Crippen molar-refractivity contribution in [3.8, 4) is 5.75 Å². The van der Waals surface area contributed by atoms with E-state index in [4.69, 9.17) is 4.74 Å². The Morgan fingerprint density at radius 3 is 2.34 bits per heavy atom. The average Bonchev–Trinajstić information content (AvgIpc) is 2.88. The lowest BCUT2D eigenvalue weighted by molar-refractivity contribution is -0.133. The van der Waals surface area contributed by atoms with Gasteiger partial charge < -0.3 is 9.64 Å². The molecule has 1 heterocycles. The third-order valence-electron chi connectivity index (χ3n) is 7.51. The number of likely N-dealkylation sites (tertiary alicyclic amines) is 1. The lowest BCUT2D eigenvalue weighted by atomic mass is 9.90. The van der Waals surface area contributed by atoms with Crippen molar-refractivity contribution in [2.45, 2.75) is 69.2 Å². The van der Waals surface area contributed by atoms with Crippen molar-refractivity contribution in [3.05, 3.63) is 59.7 Å². The Morgan fingerprint density at radius 2 is 1.69 bits per heavy atom. The standard InChI is InChI=1S/C28H38N2O4S/c1-22-13-14-26(34-2)27(19-22)35(32,33)30(25-11-7-4-8-12-25)21-28(31)29-17-15-24(16-18-29)20-23-9-5-3-6-10-23/h3,5-6,9-10,13-14,19,24-25H,4,7-8,11-12,15-18,20-21H2,1-2H3. The van der Waals surface area contributed by atoms with Crippen LogP contribution in [0.3, 0.4) is 0 Å². The van der Waals surface area contributed by atoms with Gasteiger partial charge in [0.2, 0.25) is 15.9 Å². The van der Waals surface area contributed by atoms with E-state index in [1.165, 1.54) is 17.0 Å². The Morgan fingerprint density at radius 1 is 1.00 bits per heavy atom. The molecule has 0 N–H and O–H groups in total. The van der Waals surface area contributed by atoms with E-state index in [0.29, 0.717) is 24.8 Å². The van der Waals surface area contributed by atoms with Crippen LogP contribution in [0.2, 0.25) is 0 Å². The van der Waals surface area contributed by atoms with Gasteiger partial charge in [0.1, 0.15) is 10.6 Å². The summed E-state index contributed by atoms with van der Waals surface area (Å²) in [6.45, 7) is 3.13. The van der Waals surface area contributed by atoms with Gasteiger partial charge in [0, 0.05) is 19.1 Å². The molecule has 0 radical (unpaired) electrons. The maximum Gasteiger partial charge on any atom is 0.247 e. The molecule has 2 aromatic rings. The van der Waals surface area contributed by atoms with Crippen LogP contribution in [-0.4, -0.2) is 56.3 Å². The number of sulfonamides is 1. The van der Waals surface area contributed by atoms with E-state index in [1.807, 2.05) is 24.0 Å². The second kappa shape index (κ2) is 11.6. The van der Waals surface area contributed by atoms with Gasteiger partial charge in [-0.2, -0.15) is 4.31 Å². The van der Waals surface area contributed by atoms with Crippen LogP contribution in [0.25, 0.3) is 0 Å².